The largest absolute Gasteiger partial charge is 0.497 e. The minimum atomic E-state index is 0.145. The lowest BCUT2D eigenvalue weighted by atomic mass is 10.0. The van der Waals surface area contributed by atoms with Crippen molar-refractivity contribution in [2.24, 2.45) is 0 Å². The molecular weight excluding hydrogens is 254 g/mol. The van der Waals surface area contributed by atoms with Crippen molar-refractivity contribution >= 4 is 0 Å². The van der Waals surface area contributed by atoms with Gasteiger partial charge in [-0.05, 0) is 24.7 Å². The Labute approximate surface area is 119 Å². The number of nitrogens with one attached hydrogen (secondary N) is 1. The van der Waals surface area contributed by atoms with Crippen molar-refractivity contribution < 1.29 is 13.9 Å². The van der Waals surface area contributed by atoms with Gasteiger partial charge in [-0.15, -0.1) is 0 Å². The Morgan fingerprint density at radius 1 is 1.20 bits per heavy atom. The Morgan fingerprint density at radius 3 is 2.65 bits per heavy atom. The van der Waals surface area contributed by atoms with Crippen LogP contribution in [0.2, 0.25) is 0 Å². The summed E-state index contributed by atoms with van der Waals surface area (Å²) in [5.41, 5.74) is 1.10. The number of rotatable bonds is 7. The summed E-state index contributed by atoms with van der Waals surface area (Å²) in [6.07, 6.45) is 2.48. The zero-order valence-electron chi connectivity index (χ0n) is 12.2. The van der Waals surface area contributed by atoms with E-state index in [1.165, 1.54) is 0 Å². The number of hydrogen-bond acceptors (Lipinski definition) is 4. The summed E-state index contributed by atoms with van der Waals surface area (Å²) < 4.78 is 16.2. The standard InChI is InChI=1S/C16H21NO3/c1-4-17-15(10-13-6-5-9-20-13)14-8-7-12(18-2)11-16(14)19-3/h5-9,11,15,17H,4,10H2,1-3H3. The van der Waals surface area contributed by atoms with E-state index in [2.05, 4.69) is 12.2 Å². The Bertz CT molecular complexity index is 523. The number of furan rings is 1. The van der Waals surface area contributed by atoms with Crippen LogP contribution in [0.4, 0.5) is 0 Å². The van der Waals surface area contributed by atoms with Gasteiger partial charge in [0, 0.05) is 24.1 Å². The zero-order valence-corrected chi connectivity index (χ0v) is 12.2. The molecule has 1 aromatic carbocycles. The van der Waals surface area contributed by atoms with Crippen LogP contribution in [-0.4, -0.2) is 20.8 Å². The normalized spacial score (nSPS) is 12.2. The molecule has 0 aliphatic rings. The Kier molecular flexibility index (Phi) is 5.07. The molecule has 1 aromatic heterocycles. The summed E-state index contributed by atoms with van der Waals surface area (Å²) in [5, 5.41) is 3.47. The van der Waals surface area contributed by atoms with Gasteiger partial charge in [0.2, 0.25) is 0 Å². The molecule has 2 rings (SSSR count). The third-order valence-corrected chi connectivity index (χ3v) is 3.25. The van der Waals surface area contributed by atoms with E-state index in [1.54, 1.807) is 20.5 Å². The van der Waals surface area contributed by atoms with Crippen molar-refractivity contribution in [1.29, 1.82) is 0 Å². The number of benzene rings is 1. The van der Waals surface area contributed by atoms with Gasteiger partial charge < -0.3 is 19.2 Å². The molecule has 20 heavy (non-hydrogen) atoms. The Hall–Kier alpha value is -1.94. The van der Waals surface area contributed by atoms with Gasteiger partial charge in [-0.25, -0.2) is 0 Å². The van der Waals surface area contributed by atoms with Gasteiger partial charge in [0.15, 0.2) is 0 Å². The van der Waals surface area contributed by atoms with Crippen LogP contribution >= 0.6 is 0 Å². The van der Waals surface area contributed by atoms with E-state index >= 15 is 0 Å². The first-order valence-corrected chi connectivity index (χ1v) is 6.76. The van der Waals surface area contributed by atoms with E-state index in [9.17, 15) is 0 Å². The number of hydrogen-bond donors (Lipinski definition) is 1. The highest BCUT2D eigenvalue weighted by atomic mass is 16.5. The molecule has 4 heteroatoms. The van der Waals surface area contributed by atoms with Crippen LogP contribution in [0.5, 0.6) is 11.5 Å². The molecule has 2 aromatic rings. The second-order valence-electron chi connectivity index (χ2n) is 4.50. The summed E-state index contributed by atoms with van der Waals surface area (Å²) in [6, 6.07) is 9.93. The van der Waals surface area contributed by atoms with E-state index in [-0.39, 0.29) is 6.04 Å². The summed E-state index contributed by atoms with van der Waals surface area (Å²) in [5.74, 6) is 2.56. The molecule has 1 N–H and O–H groups in total. The average molecular weight is 275 g/mol. The van der Waals surface area contributed by atoms with Gasteiger partial charge in [0.05, 0.1) is 20.5 Å². The maximum atomic E-state index is 5.48. The topological polar surface area (TPSA) is 43.6 Å². The van der Waals surface area contributed by atoms with Crippen molar-refractivity contribution in [2.75, 3.05) is 20.8 Å². The quantitative estimate of drug-likeness (QED) is 0.842. The molecule has 0 bridgehead atoms. The third-order valence-electron chi connectivity index (χ3n) is 3.25. The Balaban J connectivity index is 2.28. The van der Waals surface area contributed by atoms with Crippen LogP contribution in [0.1, 0.15) is 24.3 Å². The van der Waals surface area contributed by atoms with Gasteiger partial charge in [-0.1, -0.05) is 13.0 Å². The Morgan fingerprint density at radius 2 is 2.05 bits per heavy atom. The van der Waals surface area contributed by atoms with Gasteiger partial charge in [0.1, 0.15) is 17.3 Å². The molecule has 0 spiro atoms. The van der Waals surface area contributed by atoms with E-state index in [1.807, 2.05) is 30.3 Å². The monoisotopic (exact) mass is 275 g/mol. The third kappa shape index (κ3) is 3.33. The van der Waals surface area contributed by atoms with Crippen LogP contribution < -0.4 is 14.8 Å². The second-order valence-corrected chi connectivity index (χ2v) is 4.50. The van der Waals surface area contributed by atoms with Gasteiger partial charge in [-0.2, -0.15) is 0 Å². The molecule has 1 unspecified atom stereocenters. The van der Waals surface area contributed by atoms with E-state index in [4.69, 9.17) is 13.9 Å². The number of likely N-dealkylation sites (N-methyl/N-ethyl adjacent to an activating group) is 1. The summed E-state index contributed by atoms with van der Waals surface area (Å²) in [6.45, 7) is 2.96. The van der Waals surface area contributed by atoms with Crippen molar-refractivity contribution in [1.82, 2.24) is 5.32 Å². The molecule has 1 atom stereocenters. The summed E-state index contributed by atoms with van der Waals surface area (Å²) in [7, 11) is 3.33. The first-order chi connectivity index (χ1) is 9.78. The molecule has 0 saturated heterocycles. The van der Waals surface area contributed by atoms with E-state index in [0.29, 0.717) is 0 Å². The molecule has 0 saturated carbocycles. The minimum absolute atomic E-state index is 0.145. The summed E-state index contributed by atoms with van der Waals surface area (Å²) >= 11 is 0. The minimum Gasteiger partial charge on any atom is -0.497 e. The predicted molar refractivity (Wildman–Crippen MR) is 78.4 cm³/mol. The van der Waals surface area contributed by atoms with Gasteiger partial charge >= 0.3 is 0 Å². The fourth-order valence-corrected chi connectivity index (χ4v) is 2.27. The van der Waals surface area contributed by atoms with Crippen LogP contribution in [0.25, 0.3) is 0 Å². The average Bonchev–Trinajstić information content (AvgIpc) is 2.99. The van der Waals surface area contributed by atoms with Crippen LogP contribution in [0.15, 0.2) is 41.0 Å². The molecule has 0 radical (unpaired) electrons. The van der Waals surface area contributed by atoms with Gasteiger partial charge in [-0.3, -0.25) is 0 Å². The highest BCUT2D eigenvalue weighted by Crippen LogP contribution is 2.31. The van der Waals surface area contributed by atoms with Crippen molar-refractivity contribution in [3.8, 4) is 11.5 Å². The maximum absolute atomic E-state index is 5.48. The lowest BCUT2D eigenvalue weighted by molar-refractivity contribution is 0.380. The molecular formula is C16H21NO3. The van der Waals surface area contributed by atoms with Gasteiger partial charge in [0.25, 0.3) is 0 Å². The second kappa shape index (κ2) is 7.01. The smallest absolute Gasteiger partial charge is 0.127 e. The van der Waals surface area contributed by atoms with Crippen LogP contribution in [0, 0.1) is 0 Å². The molecule has 0 aliphatic heterocycles. The van der Waals surface area contributed by atoms with E-state index < -0.39 is 0 Å². The van der Waals surface area contributed by atoms with Crippen LogP contribution in [-0.2, 0) is 6.42 Å². The lowest BCUT2D eigenvalue weighted by Crippen LogP contribution is -2.23. The number of methoxy groups -OCH3 is 2. The molecule has 108 valence electrons. The predicted octanol–water partition coefficient (Wildman–Crippen LogP) is 3.19. The molecule has 0 aliphatic carbocycles. The fraction of sp³-hybridized carbons (Fsp3) is 0.375. The molecule has 4 nitrogen and oxygen atoms in total. The first-order valence-electron chi connectivity index (χ1n) is 6.76. The maximum Gasteiger partial charge on any atom is 0.127 e. The molecule has 0 amide bonds. The van der Waals surface area contributed by atoms with Crippen molar-refractivity contribution in [3.63, 3.8) is 0 Å². The first kappa shape index (κ1) is 14.5. The van der Waals surface area contributed by atoms with Crippen molar-refractivity contribution in [2.45, 2.75) is 19.4 Å². The fourth-order valence-electron chi connectivity index (χ4n) is 2.27. The summed E-state index contributed by atoms with van der Waals surface area (Å²) in [4.78, 5) is 0. The number of ether oxygens (including phenoxy) is 2. The lowest BCUT2D eigenvalue weighted by Gasteiger charge is -2.20. The molecule has 0 fully saturated rings. The van der Waals surface area contributed by atoms with E-state index in [0.717, 1.165) is 35.8 Å². The highest BCUT2D eigenvalue weighted by molar-refractivity contribution is 5.42. The van der Waals surface area contributed by atoms with Crippen molar-refractivity contribution in [3.05, 3.63) is 47.9 Å². The van der Waals surface area contributed by atoms with Crippen LogP contribution in [0.3, 0.4) is 0 Å². The SMILES string of the molecule is CCNC(Cc1ccco1)c1ccc(OC)cc1OC. The zero-order chi connectivity index (χ0) is 14.4. The highest BCUT2D eigenvalue weighted by Gasteiger charge is 2.17. The molecule has 1 heterocycles.